The van der Waals surface area contributed by atoms with E-state index in [1.54, 1.807) is 6.92 Å². The largest absolute Gasteiger partial charge is 0.352 e. The van der Waals surface area contributed by atoms with Gasteiger partial charge in [-0.25, -0.2) is 0 Å². The lowest BCUT2D eigenvalue weighted by atomic mass is 10.2. The van der Waals surface area contributed by atoms with E-state index in [0.717, 1.165) is 30.5 Å². The third-order valence-corrected chi connectivity index (χ3v) is 2.92. The molecule has 1 amide bonds. The Morgan fingerprint density at radius 1 is 1.27 bits per heavy atom. The van der Waals surface area contributed by atoms with E-state index >= 15 is 0 Å². The van der Waals surface area contributed by atoms with Crippen LogP contribution in [0.3, 0.4) is 0 Å². The molecular weight excluding hydrogens is 278 g/mol. The molecule has 0 aliphatic rings. The van der Waals surface area contributed by atoms with Crippen LogP contribution in [-0.2, 0) is 9.59 Å². The number of amides is 1. The van der Waals surface area contributed by atoms with Gasteiger partial charge in [0.15, 0.2) is 5.78 Å². The van der Waals surface area contributed by atoms with E-state index in [-0.39, 0.29) is 11.7 Å². The van der Waals surface area contributed by atoms with E-state index in [0.29, 0.717) is 12.1 Å². The lowest BCUT2D eigenvalue weighted by molar-refractivity contribution is -0.870. The van der Waals surface area contributed by atoms with Crippen LogP contribution < -0.4 is 5.32 Å². The number of rotatable bonds is 9. The van der Waals surface area contributed by atoms with Gasteiger partial charge in [-0.05, 0) is 32.2 Å². The number of Topliss-reactive ketones (excluding diaryl/α,β-unsaturated/α-hetero) is 1. The summed E-state index contributed by atoms with van der Waals surface area (Å²) < 4.78 is 0.934. The van der Waals surface area contributed by atoms with Crippen molar-refractivity contribution in [2.24, 2.45) is 0 Å². The summed E-state index contributed by atoms with van der Waals surface area (Å²) in [7, 11) is 8.32. The summed E-state index contributed by atoms with van der Waals surface area (Å²) in [5.41, 5.74) is 0.639. The number of hydrogen-bond donors (Lipinski definition) is 1. The highest BCUT2D eigenvalue weighted by Crippen LogP contribution is 1.92. The van der Waals surface area contributed by atoms with Gasteiger partial charge in [0, 0.05) is 13.0 Å². The van der Waals surface area contributed by atoms with Crippen molar-refractivity contribution in [3.63, 3.8) is 0 Å². The molecule has 0 aromatic carbocycles. The topological polar surface area (TPSA) is 49.4 Å². The van der Waals surface area contributed by atoms with Crippen LogP contribution in [0.2, 0.25) is 0 Å². The fraction of sp³-hybridized carbons (Fsp3) is 0.647. The molecule has 0 saturated carbocycles. The van der Waals surface area contributed by atoms with Gasteiger partial charge in [0.25, 0.3) is 0 Å². The van der Waals surface area contributed by atoms with Crippen LogP contribution in [0, 0.1) is 0 Å². The quantitative estimate of drug-likeness (QED) is 0.398. The predicted octanol–water partition coefficient (Wildman–Crippen LogP) is 1.47. The average molecular weight is 312 g/mol. The molecule has 0 heterocycles. The maximum absolute atomic E-state index is 11.0. The molecule has 0 rings (SSSR count). The predicted molar refractivity (Wildman–Crippen MR) is 93.7 cm³/mol. The fourth-order valence-electron chi connectivity index (χ4n) is 1.33. The van der Waals surface area contributed by atoms with Gasteiger partial charge in [0.05, 0.1) is 34.2 Å². The van der Waals surface area contributed by atoms with Gasteiger partial charge in [-0.3, -0.25) is 14.5 Å². The van der Waals surface area contributed by atoms with Crippen molar-refractivity contribution in [1.82, 2.24) is 10.2 Å². The summed E-state index contributed by atoms with van der Waals surface area (Å²) in [4.78, 5) is 23.6. The number of nitrogens with zero attached hydrogens (tertiary/aromatic N) is 2. The Kier molecular flexibility index (Phi) is 12.6. The highest BCUT2D eigenvalue weighted by Gasteiger charge is 2.05. The minimum absolute atomic E-state index is 0.0867. The second kappa shape index (κ2) is 12.1. The molecular formula is C17H34N3O2+. The van der Waals surface area contributed by atoms with Crippen LogP contribution >= 0.6 is 0 Å². The molecule has 0 bridgehead atoms. The minimum atomic E-state index is -0.0867. The van der Waals surface area contributed by atoms with Gasteiger partial charge < -0.3 is 9.80 Å². The molecule has 128 valence electrons. The van der Waals surface area contributed by atoms with Gasteiger partial charge in [-0.2, -0.15) is 0 Å². The van der Waals surface area contributed by atoms with Gasteiger partial charge >= 0.3 is 0 Å². The van der Waals surface area contributed by atoms with Gasteiger partial charge in [-0.15, -0.1) is 0 Å². The first kappa shape index (κ1) is 22.8. The molecule has 0 radical (unpaired) electrons. The number of nitrogens with one attached hydrogen (secondary N) is 1. The summed E-state index contributed by atoms with van der Waals surface area (Å²) in [5, 5.41) is 2.74. The zero-order valence-electron chi connectivity index (χ0n) is 15.2. The van der Waals surface area contributed by atoms with E-state index in [2.05, 4.69) is 39.6 Å². The summed E-state index contributed by atoms with van der Waals surface area (Å²) >= 11 is 0. The first-order valence-electron chi connectivity index (χ1n) is 7.61. The fourth-order valence-corrected chi connectivity index (χ4v) is 1.33. The summed E-state index contributed by atoms with van der Waals surface area (Å²) in [6.07, 6.45) is 2.30. The first-order chi connectivity index (χ1) is 10.0. The van der Waals surface area contributed by atoms with Gasteiger partial charge in [0.1, 0.15) is 0 Å². The Morgan fingerprint density at radius 2 is 1.82 bits per heavy atom. The van der Waals surface area contributed by atoms with Crippen LogP contribution in [0.25, 0.3) is 0 Å². The van der Waals surface area contributed by atoms with Crippen LogP contribution in [-0.4, -0.2) is 75.4 Å². The van der Waals surface area contributed by atoms with Crippen LogP contribution in [0.5, 0.6) is 0 Å². The molecule has 22 heavy (non-hydrogen) atoms. The Hall–Kier alpha value is -1.46. The molecule has 0 aliphatic carbocycles. The molecule has 0 saturated heterocycles. The van der Waals surface area contributed by atoms with E-state index in [1.165, 1.54) is 6.08 Å². The number of carbonyl (C=O) groups excluding carboxylic acids is 2. The molecule has 1 N–H and O–H groups in total. The van der Waals surface area contributed by atoms with Crippen LogP contribution in [0.1, 0.15) is 20.3 Å². The Bertz CT molecular complexity index is 371. The van der Waals surface area contributed by atoms with Crippen molar-refractivity contribution < 1.29 is 14.1 Å². The maximum atomic E-state index is 11.0. The van der Waals surface area contributed by atoms with Crippen molar-refractivity contribution in [3.8, 4) is 0 Å². The summed E-state index contributed by atoms with van der Waals surface area (Å²) in [6, 6.07) is 0. The number of likely N-dealkylation sites (N-methyl/N-ethyl adjacent to an activating group) is 1. The van der Waals surface area contributed by atoms with Gasteiger partial charge in [-0.1, -0.05) is 20.1 Å². The number of quaternary nitrogens is 1. The monoisotopic (exact) mass is 312 g/mol. The molecule has 5 nitrogen and oxygen atoms in total. The Balaban J connectivity index is 0. The van der Waals surface area contributed by atoms with Crippen molar-refractivity contribution >= 4 is 11.7 Å². The number of hydrogen-bond acceptors (Lipinski definition) is 3. The lowest BCUT2D eigenvalue weighted by Crippen LogP contribution is -2.37. The molecule has 5 heteroatoms. The third kappa shape index (κ3) is 16.6. The number of ketones is 1. The molecule has 0 spiro atoms. The highest BCUT2D eigenvalue weighted by molar-refractivity contribution is 5.95. The molecule has 0 fully saturated rings. The lowest BCUT2D eigenvalue weighted by Gasteiger charge is -2.23. The Morgan fingerprint density at radius 3 is 2.18 bits per heavy atom. The summed E-state index contributed by atoms with van der Waals surface area (Å²) in [6.45, 7) is 13.9. The zero-order chi connectivity index (χ0) is 17.8. The second-order valence-corrected chi connectivity index (χ2v) is 6.40. The standard InChI is InChI=1S/C9H18N2O.C8H15NO/c1-5-9(12)10-7-6-8-11(2,3)4;1-5-9(4)6-8(10)7(2)3/h5H,1,6-8H2,2-4H3;2,5-6H2,1,3-4H3/p+1. The van der Waals surface area contributed by atoms with E-state index in [9.17, 15) is 9.59 Å². The van der Waals surface area contributed by atoms with Crippen molar-refractivity contribution in [2.45, 2.75) is 20.3 Å². The maximum Gasteiger partial charge on any atom is 0.243 e. The van der Waals surface area contributed by atoms with E-state index in [1.807, 2.05) is 18.9 Å². The molecule has 0 aromatic rings. The molecule has 0 unspecified atom stereocenters. The highest BCUT2D eigenvalue weighted by atomic mass is 16.1. The van der Waals surface area contributed by atoms with Crippen LogP contribution in [0.15, 0.2) is 24.8 Å². The smallest absolute Gasteiger partial charge is 0.243 e. The van der Waals surface area contributed by atoms with E-state index in [4.69, 9.17) is 0 Å². The minimum Gasteiger partial charge on any atom is -0.352 e. The molecule has 0 aromatic heterocycles. The normalized spacial score (nSPS) is 10.5. The Labute approximate surface area is 136 Å². The third-order valence-electron chi connectivity index (χ3n) is 2.92. The summed E-state index contributed by atoms with van der Waals surface area (Å²) in [5.74, 6) is 0.0424. The average Bonchev–Trinajstić information content (AvgIpc) is 2.42. The second-order valence-electron chi connectivity index (χ2n) is 6.40. The SMILES string of the molecule is C=C(C)C(=O)CN(C)CC.C=CC(=O)NCCC[N+](C)(C)C. The van der Waals surface area contributed by atoms with Crippen LogP contribution in [0.4, 0.5) is 0 Å². The molecule has 0 aliphatic heterocycles. The van der Waals surface area contributed by atoms with Crippen molar-refractivity contribution in [3.05, 3.63) is 24.8 Å². The van der Waals surface area contributed by atoms with Crippen molar-refractivity contribution in [2.75, 3.05) is 54.4 Å². The number of carbonyl (C=O) groups is 2. The van der Waals surface area contributed by atoms with E-state index < -0.39 is 0 Å². The van der Waals surface area contributed by atoms with Gasteiger partial charge in [0.2, 0.25) is 5.91 Å². The first-order valence-corrected chi connectivity index (χ1v) is 7.61. The van der Waals surface area contributed by atoms with Crippen molar-refractivity contribution in [1.29, 1.82) is 0 Å². The zero-order valence-corrected chi connectivity index (χ0v) is 15.2. The molecule has 0 atom stereocenters.